The van der Waals surface area contributed by atoms with E-state index < -0.39 is 6.10 Å². The molecule has 1 aromatic heterocycles. The average molecular weight is 260 g/mol. The van der Waals surface area contributed by atoms with Crippen molar-refractivity contribution in [1.82, 2.24) is 9.78 Å². The van der Waals surface area contributed by atoms with Crippen LogP contribution in [0.1, 0.15) is 17.2 Å². The van der Waals surface area contributed by atoms with E-state index in [1.807, 2.05) is 31.4 Å². The Morgan fingerprint density at radius 3 is 2.84 bits per heavy atom. The number of aromatic nitrogens is 2. The Bertz CT molecular complexity index is 580. The number of aliphatic hydroxyl groups excluding tert-OH is 1. The fourth-order valence-electron chi connectivity index (χ4n) is 2.19. The highest BCUT2D eigenvalue weighted by Crippen LogP contribution is 2.33. The van der Waals surface area contributed by atoms with E-state index in [9.17, 15) is 5.11 Å². The molecule has 0 radical (unpaired) electrons. The lowest BCUT2D eigenvalue weighted by molar-refractivity contribution is 0.164. The van der Waals surface area contributed by atoms with Gasteiger partial charge in [-0.1, -0.05) is 6.07 Å². The molecule has 1 N–H and O–H groups in total. The fourth-order valence-corrected chi connectivity index (χ4v) is 2.19. The largest absolute Gasteiger partial charge is 0.486 e. The molecule has 0 spiro atoms. The zero-order chi connectivity index (χ0) is 13.2. The van der Waals surface area contributed by atoms with Gasteiger partial charge in [0.05, 0.1) is 12.3 Å². The van der Waals surface area contributed by atoms with Crippen LogP contribution in [-0.2, 0) is 13.5 Å². The molecule has 1 aliphatic heterocycles. The van der Waals surface area contributed by atoms with E-state index in [4.69, 9.17) is 9.47 Å². The molecule has 5 heteroatoms. The van der Waals surface area contributed by atoms with E-state index in [1.165, 1.54) is 0 Å². The summed E-state index contributed by atoms with van der Waals surface area (Å²) in [5.74, 6) is 1.44. The standard InChI is InChI=1S/C14H16N2O3/c1-16-9-10(8-15-16)6-12(17)11-2-3-13-14(7-11)19-5-4-18-13/h2-3,7-9,12,17H,4-6H2,1H3. The van der Waals surface area contributed by atoms with Crippen LogP contribution in [0.25, 0.3) is 0 Å². The van der Waals surface area contributed by atoms with Crippen molar-refractivity contribution in [2.45, 2.75) is 12.5 Å². The number of nitrogens with zero attached hydrogens (tertiary/aromatic N) is 2. The van der Waals surface area contributed by atoms with Crippen LogP contribution in [0.5, 0.6) is 11.5 Å². The molecule has 0 saturated carbocycles. The van der Waals surface area contributed by atoms with Crippen molar-refractivity contribution < 1.29 is 14.6 Å². The van der Waals surface area contributed by atoms with Gasteiger partial charge in [0.25, 0.3) is 0 Å². The predicted octanol–water partition coefficient (Wildman–Crippen LogP) is 1.47. The van der Waals surface area contributed by atoms with E-state index in [2.05, 4.69) is 5.10 Å². The number of aliphatic hydroxyl groups is 1. The van der Waals surface area contributed by atoms with Crippen molar-refractivity contribution >= 4 is 0 Å². The SMILES string of the molecule is Cn1cc(CC(O)c2ccc3c(c2)OCCO3)cn1. The summed E-state index contributed by atoms with van der Waals surface area (Å²) in [6.07, 6.45) is 3.63. The molecule has 100 valence electrons. The molecule has 2 aromatic rings. The fraction of sp³-hybridized carbons (Fsp3) is 0.357. The monoisotopic (exact) mass is 260 g/mol. The Hall–Kier alpha value is -2.01. The Kier molecular flexibility index (Phi) is 3.13. The van der Waals surface area contributed by atoms with Gasteiger partial charge in [0, 0.05) is 19.7 Å². The van der Waals surface area contributed by atoms with Gasteiger partial charge in [0.2, 0.25) is 0 Å². The second kappa shape index (κ2) is 4.93. The smallest absolute Gasteiger partial charge is 0.161 e. The molecule has 5 nitrogen and oxygen atoms in total. The van der Waals surface area contributed by atoms with Gasteiger partial charge >= 0.3 is 0 Å². The number of ether oxygens (including phenoxy) is 2. The third kappa shape index (κ3) is 2.56. The molecule has 1 unspecified atom stereocenters. The van der Waals surface area contributed by atoms with Crippen LogP contribution in [0.15, 0.2) is 30.6 Å². The predicted molar refractivity (Wildman–Crippen MR) is 69.3 cm³/mol. The van der Waals surface area contributed by atoms with Crippen molar-refractivity contribution in [2.75, 3.05) is 13.2 Å². The number of fused-ring (bicyclic) bond motifs is 1. The molecule has 0 amide bonds. The van der Waals surface area contributed by atoms with Gasteiger partial charge in [-0.2, -0.15) is 5.10 Å². The molecule has 0 bridgehead atoms. The molecule has 1 aliphatic rings. The normalized spacial score (nSPS) is 15.3. The van der Waals surface area contributed by atoms with Gasteiger partial charge in [-0.3, -0.25) is 4.68 Å². The molecule has 1 aromatic carbocycles. The number of aryl methyl sites for hydroxylation is 1. The highest BCUT2D eigenvalue weighted by Gasteiger charge is 2.16. The van der Waals surface area contributed by atoms with Gasteiger partial charge < -0.3 is 14.6 Å². The summed E-state index contributed by atoms with van der Waals surface area (Å²) >= 11 is 0. The first kappa shape index (κ1) is 12.0. The summed E-state index contributed by atoms with van der Waals surface area (Å²) in [6, 6.07) is 5.56. The minimum Gasteiger partial charge on any atom is -0.486 e. The minimum absolute atomic E-state index is 0.535. The van der Waals surface area contributed by atoms with Crippen molar-refractivity contribution in [3.63, 3.8) is 0 Å². The molecule has 3 rings (SSSR count). The van der Waals surface area contributed by atoms with Crippen molar-refractivity contribution in [3.05, 3.63) is 41.7 Å². The van der Waals surface area contributed by atoms with Crippen LogP contribution in [-0.4, -0.2) is 28.1 Å². The number of benzene rings is 1. The van der Waals surface area contributed by atoms with Gasteiger partial charge in [-0.05, 0) is 23.3 Å². The molecule has 1 atom stereocenters. The van der Waals surface area contributed by atoms with Gasteiger partial charge in [-0.15, -0.1) is 0 Å². The van der Waals surface area contributed by atoms with Crippen LogP contribution in [0.4, 0.5) is 0 Å². The zero-order valence-electron chi connectivity index (χ0n) is 10.7. The lowest BCUT2D eigenvalue weighted by Gasteiger charge is -2.20. The highest BCUT2D eigenvalue weighted by molar-refractivity contribution is 5.44. The summed E-state index contributed by atoms with van der Waals surface area (Å²) in [6.45, 7) is 1.12. The van der Waals surface area contributed by atoms with Crippen LogP contribution in [0.3, 0.4) is 0 Å². The van der Waals surface area contributed by atoms with E-state index in [0.717, 1.165) is 16.9 Å². The van der Waals surface area contributed by atoms with Gasteiger partial charge in [0.15, 0.2) is 11.5 Å². The lowest BCUT2D eigenvalue weighted by Crippen LogP contribution is -2.15. The average Bonchev–Trinajstić information content (AvgIpc) is 2.83. The Morgan fingerprint density at radius 2 is 2.11 bits per heavy atom. The molecule has 0 fully saturated rings. The van der Waals surface area contributed by atoms with Crippen LogP contribution >= 0.6 is 0 Å². The van der Waals surface area contributed by atoms with Gasteiger partial charge in [-0.25, -0.2) is 0 Å². The first-order valence-corrected chi connectivity index (χ1v) is 6.27. The minimum atomic E-state index is -0.569. The Balaban J connectivity index is 1.77. The third-order valence-corrected chi connectivity index (χ3v) is 3.14. The third-order valence-electron chi connectivity index (χ3n) is 3.14. The maximum absolute atomic E-state index is 10.3. The van der Waals surface area contributed by atoms with Crippen molar-refractivity contribution in [2.24, 2.45) is 7.05 Å². The summed E-state index contributed by atoms with van der Waals surface area (Å²) in [7, 11) is 1.86. The molecule has 2 heterocycles. The summed E-state index contributed by atoms with van der Waals surface area (Å²) in [4.78, 5) is 0. The maximum Gasteiger partial charge on any atom is 0.161 e. The zero-order valence-corrected chi connectivity index (χ0v) is 10.7. The molecule has 0 saturated heterocycles. The van der Waals surface area contributed by atoms with Crippen molar-refractivity contribution in [1.29, 1.82) is 0 Å². The molecular formula is C14H16N2O3. The van der Waals surface area contributed by atoms with Crippen molar-refractivity contribution in [3.8, 4) is 11.5 Å². The van der Waals surface area contributed by atoms with Crippen LogP contribution in [0, 0.1) is 0 Å². The Labute approximate surface area is 111 Å². The highest BCUT2D eigenvalue weighted by atomic mass is 16.6. The first-order valence-electron chi connectivity index (χ1n) is 6.27. The summed E-state index contributed by atoms with van der Waals surface area (Å²) in [5.41, 5.74) is 1.83. The number of rotatable bonds is 3. The summed E-state index contributed by atoms with van der Waals surface area (Å²) in [5, 5.41) is 14.3. The van der Waals surface area contributed by atoms with Crippen LogP contribution < -0.4 is 9.47 Å². The Morgan fingerprint density at radius 1 is 1.32 bits per heavy atom. The van der Waals surface area contributed by atoms with E-state index in [-0.39, 0.29) is 0 Å². The van der Waals surface area contributed by atoms with E-state index >= 15 is 0 Å². The van der Waals surface area contributed by atoms with E-state index in [1.54, 1.807) is 10.9 Å². The second-order valence-electron chi connectivity index (χ2n) is 4.65. The molecular weight excluding hydrogens is 244 g/mol. The molecule has 0 aliphatic carbocycles. The summed E-state index contributed by atoms with van der Waals surface area (Å²) < 4.78 is 12.7. The van der Waals surface area contributed by atoms with Crippen LogP contribution in [0.2, 0.25) is 0 Å². The maximum atomic E-state index is 10.3. The second-order valence-corrected chi connectivity index (χ2v) is 4.65. The topological polar surface area (TPSA) is 56.5 Å². The number of hydrogen-bond donors (Lipinski definition) is 1. The quantitative estimate of drug-likeness (QED) is 0.908. The lowest BCUT2D eigenvalue weighted by atomic mass is 10.0. The number of hydrogen-bond acceptors (Lipinski definition) is 4. The molecule has 19 heavy (non-hydrogen) atoms. The first-order chi connectivity index (χ1) is 9.22. The van der Waals surface area contributed by atoms with Gasteiger partial charge in [0.1, 0.15) is 13.2 Å². The van der Waals surface area contributed by atoms with E-state index in [0.29, 0.717) is 25.4 Å².